The molecule has 1 heterocycles. The molecule has 1 amide bonds. The third-order valence-corrected chi connectivity index (χ3v) is 4.78. The number of methoxy groups -OCH3 is 1. The third kappa shape index (κ3) is 3.57. The molecule has 0 saturated heterocycles. The van der Waals surface area contributed by atoms with E-state index in [0.717, 1.165) is 28.2 Å². The maximum Gasteiger partial charge on any atom is 0.244 e. The first kappa shape index (κ1) is 18.1. The van der Waals surface area contributed by atoms with Gasteiger partial charge in [-0.25, -0.2) is 4.98 Å². The number of aromatic nitrogens is 2. The van der Waals surface area contributed by atoms with Crippen LogP contribution in [0.25, 0.3) is 22.4 Å². The van der Waals surface area contributed by atoms with Crippen molar-refractivity contribution < 1.29 is 9.53 Å². The second kappa shape index (κ2) is 7.74. The van der Waals surface area contributed by atoms with Crippen molar-refractivity contribution in [1.82, 2.24) is 9.55 Å². The summed E-state index contributed by atoms with van der Waals surface area (Å²) in [6.45, 7) is 0.118. The van der Waals surface area contributed by atoms with Crippen molar-refractivity contribution in [2.45, 2.75) is 6.54 Å². The molecule has 0 unspecified atom stereocenters. The van der Waals surface area contributed by atoms with Gasteiger partial charge < -0.3 is 14.6 Å². The SMILES string of the molecule is COc1ccc(-c2nc3ccccc3n2CC(=O)Nc2ccccc2Cl)cc1. The first-order valence-corrected chi connectivity index (χ1v) is 9.17. The number of rotatable bonds is 5. The topological polar surface area (TPSA) is 56.2 Å². The molecule has 6 heteroatoms. The fourth-order valence-corrected chi connectivity index (χ4v) is 3.27. The maximum atomic E-state index is 12.7. The summed E-state index contributed by atoms with van der Waals surface area (Å²) in [7, 11) is 1.63. The number of halogens is 1. The van der Waals surface area contributed by atoms with Crippen LogP contribution in [0, 0.1) is 0 Å². The minimum absolute atomic E-state index is 0.118. The number of carbonyl (C=O) groups is 1. The highest BCUT2D eigenvalue weighted by Gasteiger charge is 2.16. The largest absolute Gasteiger partial charge is 0.497 e. The van der Waals surface area contributed by atoms with Crippen molar-refractivity contribution in [1.29, 1.82) is 0 Å². The normalized spacial score (nSPS) is 10.8. The van der Waals surface area contributed by atoms with Gasteiger partial charge in [-0.1, -0.05) is 35.9 Å². The molecule has 5 nitrogen and oxygen atoms in total. The van der Waals surface area contributed by atoms with Crippen LogP contribution in [0.3, 0.4) is 0 Å². The highest BCUT2D eigenvalue weighted by Crippen LogP contribution is 2.27. The molecule has 0 aliphatic heterocycles. The van der Waals surface area contributed by atoms with Gasteiger partial charge in [-0.15, -0.1) is 0 Å². The summed E-state index contributed by atoms with van der Waals surface area (Å²) in [5.74, 6) is 1.31. The van der Waals surface area contributed by atoms with Crippen molar-refractivity contribution >= 4 is 34.2 Å². The zero-order valence-electron chi connectivity index (χ0n) is 15.2. The Kier molecular flexibility index (Phi) is 5.00. The molecule has 1 N–H and O–H groups in total. The van der Waals surface area contributed by atoms with Crippen molar-refractivity contribution in [2.24, 2.45) is 0 Å². The van der Waals surface area contributed by atoms with Crippen molar-refractivity contribution in [3.05, 3.63) is 77.8 Å². The molecule has 0 bridgehead atoms. The van der Waals surface area contributed by atoms with Gasteiger partial charge in [-0.3, -0.25) is 4.79 Å². The fourth-order valence-electron chi connectivity index (χ4n) is 3.09. The number of anilines is 1. The lowest BCUT2D eigenvalue weighted by Crippen LogP contribution is -2.19. The maximum absolute atomic E-state index is 12.7. The van der Waals surface area contributed by atoms with E-state index < -0.39 is 0 Å². The third-order valence-electron chi connectivity index (χ3n) is 4.45. The molecule has 4 aromatic rings. The van der Waals surface area contributed by atoms with E-state index in [4.69, 9.17) is 21.3 Å². The molecule has 0 saturated carbocycles. The summed E-state index contributed by atoms with van der Waals surface area (Å²) in [5, 5.41) is 3.37. The lowest BCUT2D eigenvalue weighted by molar-refractivity contribution is -0.116. The van der Waals surface area contributed by atoms with Crippen LogP contribution in [0.1, 0.15) is 0 Å². The molecule has 0 aliphatic rings. The van der Waals surface area contributed by atoms with Crippen molar-refractivity contribution in [2.75, 3.05) is 12.4 Å². The molecule has 0 atom stereocenters. The van der Waals surface area contributed by atoms with E-state index in [1.165, 1.54) is 0 Å². The van der Waals surface area contributed by atoms with Crippen molar-refractivity contribution in [3.63, 3.8) is 0 Å². The first-order chi connectivity index (χ1) is 13.7. The van der Waals surface area contributed by atoms with E-state index in [1.807, 2.05) is 65.2 Å². The second-order valence-corrected chi connectivity index (χ2v) is 6.67. The number of benzene rings is 3. The predicted octanol–water partition coefficient (Wildman–Crippen LogP) is 5.00. The van der Waals surface area contributed by atoms with Crippen LogP contribution < -0.4 is 10.1 Å². The van der Waals surface area contributed by atoms with E-state index in [1.54, 1.807) is 19.2 Å². The number of fused-ring (bicyclic) bond motifs is 1. The number of amides is 1. The van der Waals surface area contributed by atoms with Gasteiger partial charge in [0.25, 0.3) is 0 Å². The van der Waals surface area contributed by atoms with Crippen LogP contribution >= 0.6 is 11.6 Å². The summed E-state index contributed by atoms with van der Waals surface area (Å²) >= 11 is 6.16. The molecule has 4 rings (SSSR count). The quantitative estimate of drug-likeness (QED) is 0.520. The zero-order valence-corrected chi connectivity index (χ0v) is 16.0. The van der Waals surface area contributed by atoms with E-state index in [-0.39, 0.29) is 12.5 Å². The Morgan fingerprint density at radius 1 is 1.04 bits per heavy atom. The number of para-hydroxylation sites is 3. The first-order valence-electron chi connectivity index (χ1n) is 8.80. The summed E-state index contributed by atoms with van der Waals surface area (Å²) in [6.07, 6.45) is 0. The fraction of sp³-hybridized carbons (Fsp3) is 0.0909. The average molecular weight is 392 g/mol. The van der Waals surface area contributed by atoms with Crippen LogP contribution in [0.15, 0.2) is 72.8 Å². The number of carbonyl (C=O) groups excluding carboxylic acids is 1. The van der Waals surface area contributed by atoms with E-state index in [9.17, 15) is 4.79 Å². The summed E-state index contributed by atoms with van der Waals surface area (Å²) in [4.78, 5) is 17.5. The van der Waals surface area contributed by atoms with Gasteiger partial charge in [0.2, 0.25) is 5.91 Å². The molecule has 0 radical (unpaired) electrons. The Morgan fingerprint density at radius 2 is 1.75 bits per heavy atom. The molecular weight excluding hydrogens is 374 g/mol. The van der Waals surface area contributed by atoms with Gasteiger partial charge in [-0.2, -0.15) is 0 Å². The van der Waals surface area contributed by atoms with Gasteiger partial charge in [0.05, 0.1) is 28.9 Å². The number of nitrogens with one attached hydrogen (secondary N) is 1. The Labute approximate surface area is 167 Å². The number of imidazole rings is 1. The van der Waals surface area contributed by atoms with E-state index in [0.29, 0.717) is 10.7 Å². The summed E-state index contributed by atoms with van der Waals surface area (Å²) in [5.41, 5.74) is 3.22. The minimum Gasteiger partial charge on any atom is -0.497 e. The van der Waals surface area contributed by atoms with Gasteiger partial charge in [0.15, 0.2) is 0 Å². The molecular formula is C22H18ClN3O2. The molecule has 140 valence electrons. The highest BCUT2D eigenvalue weighted by molar-refractivity contribution is 6.33. The smallest absolute Gasteiger partial charge is 0.244 e. The van der Waals surface area contributed by atoms with Gasteiger partial charge in [0.1, 0.15) is 18.1 Å². The number of nitrogens with zero attached hydrogens (tertiary/aromatic N) is 2. The van der Waals surface area contributed by atoms with Crippen LogP contribution in [-0.4, -0.2) is 22.6 Å². The molecule has 1 aromatic heterocycles. The summed E-state index contributed by atoms with van der Waals surface area (Å²) < 4.78 is 7.14. The Morgan fingerprint density at radius 3 is 2.50 bits per heavy atom. The lowest BCUT2D eigenvalue weighted by atomic mass is 10.2. The molecule has 0 fully saturated rings. The van der Waals surface area contributed by atoms with Gasteiger partial charge >= 0.3 is 0 Å². The molecule has 0 aliphatic carbocycles. The number of ether oxygens (including phenoxy) is 1. The molecule has 3 aromatic carbocycles. The highest BCUT2D eigenvalue weighted by atomic mass is 35.5. The van der Waals surface area contributed by atoms with Crippen LogP contribution in [0.2, 0.25) is 5.02 Å². The lowest BCUT2D eigenvalue weighted by Gasteiger charge is -2.11. The van der Waals surface area contributed by atoms with E-state index in [2.05, 4.69) is 5.32 Å². The van der Waals surface area contributed by atoms with Crippen LogP contribution in [0.5, 0.6) is 5.75 Å². The average Bonchev–Trinajstić information content (AvgIpc) is 3.08. The zero-order chi connectivity index (χ0) is 19.5. The summed E-state index contributed by atoms with van der Waals surface area (Å²) in [6, 6.07) is 22.6. The predicted molar refractivity (Wildman–Crippen MR) is 112 cm³/mol. The van der Waals surface area contributed by atoms with Crippen molar-refractivity contribution in [3.8, 4) is 17.1 Å². The monoisotopic (exact) mass is 391 g/mol. The second-order valence-electron chi connectivity index (χ2n) is 6.27. The number of hydrogen-bond donors (Lipinski definition) is 1. The standard InChI is InChI=1S/C22H18ClN3O2/c1-28-16-12-10-15(11-13-16)22-25-19-8-4-5-9-20(19)26(22)14-21(27)24-18-7-3-2-6-17(18)23/h2-13H,14H2,1H3,(H,24,27). The molecule has 28 heavy (non-hydrogen) atoms. The Balaban J connectivity index is 1.70. The van der Waals surface area contributed by atoms with Crippen LogP contribution in [-0.2, 0) is 11.3 Å². The van der Waals surface area contributed by atoms with Crippen LogP contribution in [0.4, 0.5) is 5.69 Å². The molecule has 0 spiro atoms. The van der Waals surface area contributed by atoms with Gasteiger partial charge in [-0.05, 0) is 48.5 Å². The minimum atomic E-state index is -0.175. The van der Waals surface area contributed by atoms with Gasteiger partial charge in [0, 0.05) is 5.56 Å². The van der Waals surface area contributed by atoms with E-state index >= 15 is 0 Å². The Hall–Kier alpha value is -3.31. The number of hydrogen-bond acceptors (Lipinski definition) is 3. The Bertz CT molecular complexity index is 1140.